The molecule has 0 saturated heterocycles. The molecule has 1 atom stereocenters. The van der Waals surface area contributed by atoms with Crippen LogP contribution in [-0.4, -0.2) is 42.5 Å². The van der Waals surface area contributed by atoms with Gasteiger partial charge in [-0.2, -0.15) is 0 Å². The zero-order chi connectivity index (χ0) is 21.3. The predicted molar refractivity (Wildman–Crippen MR) is 117 cm³/mol. The maximum Gasteiger partial charge on any atom is 0.315 e. The summed E-state index contributed by atoms with van der Waals surface area (Å²) in [5.41, 5.74) is 2.18. The number of fused-ring (bicyclic) bond motifs is 1. The van der Waals surface area contributed by atoms with Crippen LogP contribution in [0.1, 0.15) is 35.8 Å². The zero-order valence-electron chi connectivity index (χ0n) is 17.2. The van der Waals surface area contributed by atoms with E-state index in [4.69, 9.17) is 0 Å². The highest BCUT2D eigenvalue weighted by atomic mass is 32.1. The number of hydrogen-bond acceptors (Lipinski definition) is 4. The van der Waals surface area contributed by atoms with Gasteiger partial charge in [-0.15, -0.1) is 11.3 Å². The molecular formula is C22H29FN4O2S. The minimum atomic E-state index is -0.576. The molecule has 3 N–H and O–H groups in total. The molecule has 30 heavy (non-hydrogen) atoms. The third-order valence-corrected chi connectivity index (χ3v) is 6.20. The van der Waals surface area contributed by atoms with Crippen molar-refractivity contribution in [2.45, 2.75) is 45.3 Å². The topological polar surface area (TPSA) is 73.5 Å². The lowest BCUT2D eigenvalue weighted by atomic mass is 10.1. The van der Waals surface area contributed by atoms with Gasteiger partial charge in [-0.3, -0.25) is 9.69 Å². The number of urea groups is 1. The number of halogens is 1. The summed E-state index contributed by atoms with van der Waals surface area (Å²) in [5.74, 6) is -0.481. The second-order valence-electron chi connectivity index (χ2n) is 7.48. The Balaban J connectivity index is 1.40. The van der Waals surface area contributed by atoms with Crippen LogP contribution in [0.4, 0.5) is 9.18 Å². The van der Waals surface area contributed by atoms with Crippen LogP contribution in [0.25, 0.3) is 0 Å². The van der Waals surface area contributed by atoms with E-state index in [1.165, 1.54) is 22.6 Å². The molecule has 1 unspecified atom stereocenters. The minimum absolute atomic E-state index is 0.165. The van der Waals surface area contributed by atoms with Crippen LogP contribution in [0.5, 0.6) is 0 Å². The highest BCUT2D eigenvalue weighted by Gasteiger charge is 2.21. The molecule has 2 aromatic rings. The number of rotatable bonds is 9. The second-order valence-corrected chi connectivity index (χ2v) is 8.48. The van der Waals surface area contributed by atoms with E-state index < -0.39 is 12.1 Å². The van der Waals surface area contributed by atoms with Crippen molar-refractivity contribution in [3.05, 3.63) is 57.5 Å². The fourth-order valence-corrected chi connectivity index (χ4v) is 4.40. The number of thiophene rings is 1. The first-order valence-corrected chi connectivity index (χ1v) is 11.3. The molecule has 1 aromatic heterocycles. The van der Waals surface area contributed by atoms with Crippen LogP contribution in [-0.2, 0) is 24.3 Å². The van der Waals surface area contributed by atoms with Gasteiger partial charge < -0.3 is 16.0 Å². The van der Waals surface area contributed by atoms with Gasteiger partial charge in [0.15, 0.2) is 0 Å². The molecule has 3 rings (SSSR count). The number of benzene rings is 1. The number of amides is 3. The Morgan fingerprint density at radius 3 is 2.77 bits per heavy atom. The Morgan fingerprint density at radius 2 is 2.00 bits per heavy atom. The minimum Gasteiger partial charge on any atom is -0.353 e. The van der Waals surface area contributed by atoms with Gasteiger partial charge in [0.25, 0.3) is 0 Å². The molecule has 1 aliphatic heterocycles. The van der Waals surface area contributed by atoms with Crippen molar-refractivity contribution in [2.24, 2.45) is 0 Å². The lowest BCUT2D eigenvalue weighted by molar-refractivity contribution is -0.123. The third-order valence-electron chi connectivity index (χ3n) is 5.18. The summed E-state index contributed by atoms with van der Waals surface area (Å²) in [6, 6.07) is 7.13. The van der Waals surface area contributed by atoms with E-state index in [-0.39, 0.29) is 18.3 Å². The highest BCUT2D eigenvalue weighted by molar-refractivity contribution is 7.10. The Morgan fingerprint density at radius 1 is 1.20 bits per heavy atom. The van der Waals surface area contributed by atoms with Crippen molar-refractivity contribution < 1.29 is 14.0 Å². The van der Waals surface area contributed by atoms with E-state index in [2.05, 4.69) is 32.3 Å². The molecule has 0 spiro atoms. The van der Waals surface area contributed by atoms with Crippen LogP contribution in [0.15, 0.2) is 35.7 Å². The molecule has 3 amide bonds. The van der Waals surface area contributed by atoms with Gasteiger partial charge in [0.05, 0.1) is 0 Å². The summed E-state index contributed by atoms with van der Waals surface area (Å²) >= 11 is 1.82. The van der Waals surface area contributed by atoms with Gasteiger partial charge in [0, 0.05) is 37.6 Å². The quantitative estimate of drug-likeness (QED) is 0.570. The van der Waals surface area contributed by atoms with Gasteiger partial charge in [0.2, 0.25) is 5.91 Å². The van der Waals surface area contributed by atoms with Crippen LogP contribution < -0.4 is 16.0 Å². The van der Waals surface area contributed by atoms with Gasteiger partial charge in [-0.05, 0) is 47.5 Å². The standard InChI is InChI=1S/C22H29FN4O2S/c1-2-3-19(26-22(29)25-14-16-4-6-18(23)7-5-16)21(28)24-10-12-27-11-8-20-17(15-27)9-13-30-20/h4-7,9,13,19H,2-3,8,10-12,14-15H2,1H3,(H,24,28)(H2,25,26,29). The molecule has 0 fully saturated rings. The first kappa shape index (κ1) is 22.2. The van der Waals surface area contributed by atoms with Crippen molar-refractivity contribution in [3.63, 3.8) is 0 Å². The van der Waals surface area contributed by atoms with E-state index in [0.29, 0.717) is 13.0 Å². The summed E-state index contributed by atoms with van der Waals surface area (Å²) in [6.07, 6.45) is 2.41. The molecule has 0 saturated carbocycles. The van der Waals surface area contributed by atoms with E-state index in [0.717, 1.165) is 38.0 Å². The van der Waals surface area contributed by atoms with E-state index >= 15 is 0 Å². The van der Waals surface area contributed by atoms with Crippen LogP contribution >= 0.6 is 11.3 Å². The first-order valence-electron chi connectivity index (χ1n) is 10.4. The molecule has 6 nitrogen and oxygen atoms in total. The second kappa shape index (κ2) is 11.1. The van der Waals surface area contributed by atoms with Crippen LogP contribution in [0.3, 0.4) is 0 Å². The summed E-state index contributed by atoms with van der Waals surface area (Å²) in [5, 5.41) is 10.6. The molecule has 8 heteroatoms. The SMILES string of the molecule is CCCC(NC(=O)NCc1ccc(F)cc1)C(=O)NCCN1CCc2sccc2C1. The molecule has 2 heterocycles. The maximum atomic E-state index is 13.0. The predicted octanol–water partition coefficient (Wildman–Crippen LogP) is 3.03. The number of nitrogens with one attached hydrogen (secondary N) is 3. The first-order chi connectivity index (χ1) is 14.5. The number of carbonyl (C=O) groups is 2. The van der Waals surface area contributed by atoms with Gasteiger partial charge in [-0.25, -0.2) is 9.18 Å². The van der Waals surface area contributed by atoms with Crippen LogP contribution in [0.2, 0.25) is 0 Å². The average molecular weight is 433 g/mol. The van der Waals surface area contributed by atoms with Crippen molar-refractivity contribution in [2.75, 3.05) is 19.6 Å². The fourth-order valence-electron chi connectivity index (χ4n) is 3.51. The van der Waals surface area contributed by atoms with Crippen molar-refractivity contribution in [1.29, 1.82) is 0 Å². The molecule has 0 aliphatic carbocycles. The Labute approximate surface area is 180 Å². The molecule has 1 aromatic carbocycles. The van der Waals surface area contributed by atoms with Gasteiger partial charge >= 0.3 is 6.03 Å². The van der Waals surface area contributed by atoms with Crippen LogP contribution in [0, 0.1) is 5.82 Å². The third kappa shape index (κ3) is 6.53. The Kier molecular flexibility index (Phi) is 8.21. The summed E-state index contributed by atoms with van der Waals surface area (Å²) in [6.45, 7) is 5.52. The zero-order valence-corrected chi connectivity index (χ0v) is 18.1. The van der Waals surface area contributed by atoms with E-state index in [1.807, 2.05) is 18.3 Å². The van der Waals surface area contributed by atoms with Crippen molar-refractivity contribution in [3.8, 4) is 0 Å². The van der Waals surface area contributed by atoms with Gasteiger partial charge in [0.1, 0.15) is 11.9 Å². The summed E-state index contributed by atoms with van der Waals surface area (Å²) < 4.78 is 13.0. The van der Waals surface area contributed by atoms with Crippen molar-refractivity contribution in [1.82, 2.24) is 20.9 Å². The van der Waals surface area contributed by atoms with E-state index in [1.54, 1.807) is 12.1 Å². The van der Waals surface area contributed by atoms with Crippen molar-refractivity contribution >= 4 is 23.3 Å². The largest absolute Gasteiger partial charge is 0.353 e. The molecule has 162 valence electrons. The van der Waals surface area contributed by atoms with Gasteiger partial charge in [-0.1, -0.05) is 25.5 Å². The average Bonchev–Trinajstić information content (AvgIpc) is 3.21. The summed E-state index contributed by atoms with van der Waals surface area (Å²) in [7, 11) is 0. The Hall–Kier alpha value is -2.45. The number of nitrogens with zero attached hydrogens (tertiary/aromatic N) is 1. The number of carbonyl (C=O) groups excluding carboxylic acids is 2. The smallest absolute Gasteiger partial charge is 0.315 e. The Bertz CT molecular complexity index is 840. The maximum absolute atomic E-state index is 13.0. The van der Waals surface area contributed by atoms with E-state index in [9.17, 15) is 14.0 Å². The normalized spacial score (nSPS) is 14.6. The molecule has 0 bridgehead atoms. The molecule has 0 radical (unpaired) electrons. The number of hydrogen-bond donors (Lipinski definition) is 3. The molecule has 1 aliphatic rings. The monoisotopic (exact) mass is 432 g/mol. The summed E-state index contributed by atoms with van der Waals surface area (Å²) in [4.78, 5) is 28.6. The molecular weight excluding hydrogens is 403 g/mol. The lowest BCUT2D eigenvalue weighted by Crippen LogP contribution is -2.50. The highest BCUT2D eigenvalue weighted by Crippen LogP contribution is 2.23. The lowest BCUT2D eigenvalue weighted by Gasteiger charge is -2.27. The fraction of sp³-hybridized carbons (Fsp3) is 0.455.